The summed E-state index contributed by atoms with van der Waals surface area (Å²) < 4.78 is 15.4. The summed E-state index contributed by atoms with van der Waals surface area (Å²) >= 11 is 0. The molecule has 1 unspecified atom stereocenters. The van der Waals surface area contributed by atoms with Gasteiger partial charge in [0.1, 0.15) is 6.07 Å². The highest BCUT2D eigenvalue weighted by molar-refractivity contribution is 5.98. The van der Waals surface area contributed by atoms with Crippen molar-refractivity contribution < 1.29 is 28.6 Å². The number of methoxy groups -OCH3 is 1. The quantitative estimate of drug-likeness (QED) is 0.527. The predicted molar refractivity (Wildman–Crippen MR) is 105 cm³/mol. The van der Waals surface area contributed by atoms with Crippen molar-refractivity contribution in [3.63, 3.8) is 0 Å². The number of amides is 3. The second-order valence-corrected chi connectivity index (χ2v) is 6.96. The Hall–Kier alpha value is -3.54. The summed E-state index contributed by atoms with van der Waals surface area (Å²) in [6, 6.07) is 6.06. The number of imide groups is 1. The first-order valence-corrected chi connectivity index (χ1v) is 8.75. The van der Waals surface area contributed by atoms with Gasteiger partial charge in [-0.2, -0.15) is 5.26 Å². The van der Waals surface area contributed by atoms with Crippen LogP contribution in [0.2, 0.25) is 0 Å². The fourth-order valence-corrected chi connectivity index (χ4v) is 2.03. The molecule has 0 fully saturated rings. The maximum absolute atomic E-state index is 11.9. The van der Waals surface area contributed by atoms with E-state index in [0.717, 1.165) is 6.08 Å². The van der Waals surface area contributed by atoms with E-state index in [0.29, 0.717) is 17.1 Å². The molecule has 9 nitrogen and oxygen atoms in total. The summed E-state index contributed by atoms with van der Waals surface area (Å²) in [5, 5.41) is 13.2. The van der Waals surface area contributed by atoms with Crippen molar-refractivity contribution in [2.75, 3.05) is 13.7 Å². The maximum Gasteiger partial charge on any atom is 0.331 e. The molecule has 0 saturated carbocycles. The van der Waals surface area contributed by atoms with E-state index in [1.54, 1.807) is 39.0 Å². The summed E-state index contributed by atoms with van der Waals surface area (Å²) in [5.41, 5.74) is 0.105. The van der Waals surface area contributed by atoms with Crippen LogP contribution in [-0.4, -0.2) is 43.3 Å². The number of ether oxygens (including phenoxy) is 3. The number of urea groups is 1. The van der Waals surface area contributed by atoms with Crippen LogP contribution in [0.25, 0.3) is 6.08 Å². The minimum Gasteiger partial charge on any atom is -0.493 e. The normalized spacial score (nSPS) is 11.9. The van der Waals surface area contributed by atoms with Gasteiger partial charge >= 0.3 is 12.0 Å². The van der Waals surface area contributed by atoms with Gasteiger partial charge in [0, 0.05) is 11.6 Å². The molecule has 1 rings (SSSR count). The smallest absolute Gasteiger partial charge is 0.331 e. The van der Waals surface area contributed by atoms with Gasteiger partial charge in [0.2, 0.25) is 0 Å². The molecular weight excluding hydrogens is 378 g/mol. The molecule has 0 radical (unpaired) electrons. The van der Waals surface area contributed by atoms with Crippen molar-refractivity contribution in [3.05, 3.63) is 29.8 Å². The summed E-state index contributed by atoms with van der Waals surface area (Å²) in [7, 11) is 1.45. The van der Waals surface area contributed by atoms with Crippen molar-refractivity contribution in [1.29, 1.82) is 5.26 Å². The molecule has 2 N–H and O–H groups in total. The van der Waals surface area contributed by atoms with Crippen LogP contribution >= 0.6 is 0 Å². The summed E-state index contributed by atoms with van der Waals surface area (Å²) in [4.78, 5) is 35.5. The number of carbonyl (C=O) groups excluding carboxylic acids is 3. The largest absolute Gasteiger partial charge is 0.493 e. The minimum absolute atomic E-state index is 0.119. The van der Waals surface area contributed by atoms with Gasteiger partial charge in [0.25, 0.3) is 5.91 Å². The zero-order valence-electron chi connectivity index (χ0n) is 17.1. The third kappa shape index (κ3) is 8.79. The van der Waals surface area contributed by atoms with E-state index in [1.165, 1.54) is 20.1 Å². The fourth-order valence-electron chi connectivity index (χ4n) is 2.03. The lowest BCUT2D eigenvalue weighted by Gasteiger charge is -2.21. The lowest BCUT2D eigenvalue weighted by Crippen LogP contribution is -2.50. The van der Waals surface area contributed by atoms with E-state index in [2.05, 4.69) is 10.6 Å². The first-order valence-electron chi connectivity index (χ1n) is 8.75. The zero-order chi connectivity index (χ0) is 22.0. The van der Waals surface area contributed by atoms with Crippen molar-refractivity contribution >= 4 is 24.0 Å². The highest BCUT2D eigenvalue weighted by Crippen LogP contribution is 2.28. The topological polar surface area (TPSA) is 127 Å². The van der Waals surface area contributed by atoms with E-state index in [1.807, 2.05) is 6.07 Å². The molecule has 0 aromatic heterocycles. The Bertz CT molecular complexity index is 820. The molecule has 1 aromatic carbocycles. The Labute approximate surface area is 169 Å². The molecule has 3 amide bonds. The van der Waals surface area contributed by atoms with E-state index in [-0.39, 0.29) is 6.61 Å². The first-order chi connectivity index (χ1) is 13.6. The number of nitrogens with zero attached hydrogens (tertiary/aromatic N) is 1. The Morgan fingerprint density at radius 3 is 2.52 bits per heavy atom. The van der Waals surface area contributed by atoms with Crippen molar-refractivity contribution in [1.82, 2.24) is 10.6 Å². The third-order valence-electron chi connectivity index (χ3n) is 3.28. The van der Waals surface area contributed by atoms with Crippen molar-refractivity contribution in [2.45, 2.75) is 39.3 Å². The van der Waals surface area contributed by atoms with Crippen LogP contribution < -0.4 is 20.1 Å². The van der Waals surface area contributed by atoms with Crippen LogP contribution in [0.1, 0.15) is 33.3 Å². The number of rotatable bonds is 7. The van der Waals surface area contributed by atoms with Gasteiger partial charge in [-0.25, -0.2) is 9.59 Å². The van der Waals surface area contributed by atoms with Gasteiger partial charge in [0.15, 0.2) is 24.2 Å². The van der Waals surface area contributed by atoms with Gasteiger partial charge in [-0.3, -0.25) is 10.1 Å². The Morgan fingerprint density at radius 1 is 1.24 bits per heavy atom. The van der Waals surface area contributed by atoms with Crippen LogP contribution in [-0.2, 0) is 14.3 Å². The average Bonchev–Trinajstić information content (AvgIpc) is 2.63. The molecule has 0 bridgehead atoms. The van der Waals surface area contributed by atoms with E-state index in [4.69, 9.17) is 19.5 Å². The van der Waals surface area contributed by atoms with E-state index >= 15 is 0 Å². The molecule has 0 aliphatic heterocycles. The van der Waals surface area contributed by atoms with E-state index < -0.39 is 29.6 Å². The second-order valence-electron chi connectivity index (χ2n) is 6.96. The lowest BCUT2D eigenvalue weighted by molar-refractivity contribution is -0.149. The van der Waals surface area contributed by atoms with Crippen LogP contribution in [0.5, 0.6) is 11.5 Å². The van der Waals surface area contributed by atoms with Crippen LogP contribution in [0.4, 0.5) is 4.79 Å². The molecule has 0 aliphatic rings. The number of benzene rings is 1. The number of esters is 1. The lowest BCUT2D eigenvalue weighted by atomic mass is 10.1. The molecule has 0 aliphatic carbocycles. The van der Waals surface area contributed by atoms with Gasteiger partial charge in [-0.1, -0.05) is 6.07 Å². The molecule has 0 spiro atoms. The fraction of sp³-hybridized carbons (Fsp3) is 0.400. The van der Waals surface area contributed by atoms with Crippen molar-refractivity contribution in [2.24, 2.45) is 0 Å². The molecule has 0 heterocycles. The standard InChI is InChI=1S/C20H25N3O6/c1-13(18(25)22-19(26)23-20(2,3)4)29-17(24)9-7-14-6-8-15(28-11-10-21)16(12-14)27-5/h6-9,12-13H,11H2,1-5H3,(H2,22,23,25,26)/b9-7+. The van der Waals surface area contributed by atoms with Gasteiger partial charge < -0.3 is 19.5 Å². The third-order valence-corrected chi connectivity index (χ3v) is 3.28. The monoisotopic (exact) mass is 403 g/mol. The van der Waals surface area contributed by atoms with Gasteiger partial charge in [0.05, 0.1) is 7.11 Å². The Kier molecular flexibility index (Phi) is 8.68. The average molecular weight is 403 g/mol. The maximum atomic E-state index is 11.9. The summed E-state index contributed by atoms with van der Waals surface area (Å²) in [6.07, 6.45) is 1.45. The van der Waals surface area contributed by atoms with Gasteiger partial charge in [-0.05, 0) is 51.5 Å². The van der Waals surface area contributed by atoms with Gasteiger partial charge in [-0.15, -0.1) is 0 Å². The number of nitriles is 1. The van der Waals surface area contributed by atoms with Crippen LogP contribution in [0, 0.1) is 11.3 Å². The zero-order valence-corrected chi connectivity index (χ0v) is 17.1. The number of hydrogen-bond donors (Lipinski definition) is 2. The molecule has 156 valence electrons. The highest BCUT2D eigenvalue weighted by atomic mass is 16.5. The second kappa shape index (κ2) is 10.7. The van der Waals surface area contributed by atoms with E-state index in [9.17, 15) is 14.4 Å². The Balaban J connectivity index is 2.65. The molecule has 9 heteroatoms. The molecular formula is C20H25N3O6. The first kappa shape index (κ1) is 23.5. The molecule has 1 aromatic rings. The number of hydrogen-bond acceptors (Lipinski definition) is 7. The summed E-state index contributed by atoms with van der Waals surface area (Å²) in [5.74, 6) is -0.706. The Morgan fingerprint density at radius 2 is 1.93 bits per heavy atom. The van der Waals surface area contributed by atoms with Crippen LogP contribution in [0.15, 0.2) is 24.3 Å². The molecule has 29 heavy (non-hydrogen) atoms. The number of nitrogens with one attached hydrogen (secondary N) is 2. The SMILES string of the molecule is COc1cc(/C=C/C(=O)OC(C)C(=O)NC(=O)NC(C)(C)C)ccc1OCC#N. The summed E-state index contributed by atoms with van der Waals surface area (Å²) in [6.45, 7) is 6.54. The molecule has 0 saturated heterocycles. The minimum atomic E-state index is -1.16. The van der Waals surface area contributed by atoms with Crippen LogP contribution in [0.3, 0.4) is 0 Å². The molecule has 1 atom stereocenters. The highest BCUT2D eigenvalue weighted by Gasteiger charge is 2.21. The predicted octanol–water partition coefficient (Wildman–Crippen LogP) is 2.17. The van der Waals surface area contributed by atoms with Crippen molar-refractivity contribution in [3.8, 4) is 17.6 Å². The number of carbonyl (C=O) groups is 3.